The van der Waals surface area contributed by atoms with E-state index >= 15 is 0 Å². The maximum Gasteiger partial charge on any atom is 0.336 e. The third kappa shape index (κ3) is 5.20. The number of anilines is 4. The summed E-state index contributed by atoms with van der Waals surface area (Å²) in [6.07, 6.45) is 1.49. The Morgan fingerprint density at radius 1 is 0.857 bits per heavy atom. The van der Waals surface area contributed by atoms with E-state index in [1.807, 2.05) is 28.9 Å². The maximum atomic E-state index is 11.8. The standard InChI is InChI=1S/C23H32N10O2/c1-12-4-20(34)35-19-7-17(2-3-18(12)19)28-21-29-22(32-8-13(24)5-14(25)9-32)31-23(30-21)33-10-15(26)6-16(27)11-33/h2-4,7,13-16H,5-6,8-11,24-27H2,1H3,(H,28,29,30,31)/t13-,14+,15-,16+. The summed E-state index contributed by atoms with van der Waals surface area (Å²) < 4.78 is 5.39. The summed E-state index contributed by atoms with van der Waals surface area (Å²) in [6, 6.07) is 6.73. The lowest BCUT2D eigenvalue weighted by Crippen LogP contribution is -2.54. The van der Waals surface area contributed by atoms with Crippen molar-refractivity contribution in [2.75, 3.05) is 41.3 Å². The van der Waals surface area contributed by atoms with Crippen LogP contribution < -0.4 is 43.7 Å². The molecule has 2 aliphatic rings. The molecule has 0 amide bonds. The zero-order valence-electron chi connectivity index (χ0n) is 19.7. The van der Waals surface area contributed by atoms with Gasteiger partial charge in [-0.1, -0.05) is 0 Å². The lowest BCUT2D eigenvalue weighted by molar-refractivity contribution is 0.441. The molecule has 9 N–H and O–H groups in total. The lowest BCUT2D eigenvalue weighted by Gasteiger charge is -2.37. The molecule has 2 fully saturated rings. The summed E-state index contributed by atoms with van der Waals surface area (Å²) >= 11 is 0. The Hall–Kier alpha value is -3.32. The Bertz CT molecular complexity index is 1220. The van der Waals surface area contributed by atoms with Crippen LogP contribution in [0.1, 0.15) is 18.4 Å². The Labute approximate surface area is 202 Å². The third-order valence-electron chi connectivity index (χ3n) is 6.42. The van der Waals surface area contributed by atoms with E-state index in [2.05, 4.69) is 15.3 Å². The summed E-state index contributed by atoms with van der Waals surface area (Å²) in [7, 11) is 0. The number of piperidine rings is 2. The van der Waals surface area contributed by atoms with E-state index in [0.29, 0.717) is 55.3 Å². The van der Waals surface area contributed by atoms with E-state index in [1.54, 1.807) is 6.07 Å². The first kappa shape index (κ1) is 23.4. The second-order valence-corrected chi connectivity index (χ2v) is 9.67. The highest BCUT2D eigenvalue weighted by atomic mass is 16.4. The number of aromatic nitrogens is 3. The average molecular weight is 481 g/mol. The first-order valence-electron chi connectivity index (χ1n) is 11.8. The predicted molar refractivity (Wildman–Crippen MR) is 136 cm³/mol. The topological polar surface area (TPSA) is 191 Å². The summed E-state index contributed by atoms with van der Waals surface area (Å²) in [5, 5.41) is 4.10. The molecule has 0 spiro atoms. The molecule has 5 rings (SSSR count). The van der Waals surface area contributed by atoms with Crippen molar-refractivity contribution in [3.05, 3.63) is 40.2 Å². The molecule has 12 nitrogen and oxygen atoms in total. The van der Waals surface area contributed by atoms with Gasteiger partial charge in [0.05, 0.1) is 0 Å². The second-order valence-electron chi connectivity index (χ2n) is 9.67. The normalized spacial score (nSPS) is 25.2. The van der Waals surface area contributed by atoms with Gasteiger partial charge in [0, 0.05) is 73.6 Å². The van der Waals surface area contributed by atoms with Crippen LogP contribution in [0.2, 0.25) is 0 Å². The molecule has 2 aromatic heterocycles. The second kappa shape index (κ2) is 9.38. The zero-order chi connectivity index (χ0) is 24.7. The van der Waals surface area contributed by atoms with Gasteiger partial charge in [-0.2, -0.15) is 15.0 Å². The van der Waals surface area contributed by atoms with Gasteiger partial charge in [0.2, 0.25) is 17.8 Å². The molecule has 4 heterocycles. The van der Waals surface area contributed by atoms with Gasteiger partial charge in [0.25, 0.3) is 0 Å². The maximum absolute atomic E-state index is 11.8. The van der Waals surface area contributed by atoms with E-state index in [-0.39, 0.29) is 24.2 Å². The molecule has 0 unspecified atom stereocenters. The molecule has 186 valence electrons. The number of fused-ring (bicyclic) bond motifs is 1. The van der Waals surface area contributed by atoms with Gasteiger partial charge in [-0.05, 0) is 37.5 Å². The average Bonchev–Trinajstić information content (AvgIpc) is 2.77. The van der Waals surface area contributed by atoms with Gasteiger partial charge in [0.15, 0.2) is 0 Å². The molecular weight excluding hydrogens is 448 g/mol. The zero-order valence-corrected chi connectivity index (χ0v) is 19.7. The van der Waals surface area contributed by atoms with Crippen molar-refractivity contribution in [1.29, 1.82) is 0 Å². The van der Waals surface area contributed by atoms with Crippen molar-refractivity contribution in [3.63, 3.8) is 0 Å². The Morgan fingerprint density at radius 3 is 1.94 bits per heavy atom. The first-order valence-corrected chi connectivity index (χ1v) is 11.8. The number of rotatable bonds is 4. The summed E-state index contributed by atoms with van der Waals surface area (Å²) in [5.41, 5.74) is 26.5. The SMILES string of the molecule is Cc1cc(=O)oc2cc(Nc3nc(N4C[C@H](N)C[C@H](N)C4)nc(N4C[C@H](N)C[C@H](N)C4)n3)ccc12. The number of hydrogen-bond donors (Lipinski definition) is 5. The fourth-order valence-electron chi connectivity index (χ4n) is 4.91. The van der Waals surface area contributed by atoms with E-state index in [0.717, 1.165) is 23.8 Å². The smallest absolute Gasteiger partial charge is 0.336 e. The molecule has 4 atom stereocenters. The monoisotopic (exact) mass is 480 g/mol. The van der Waals surface area contributed by atoms with Crippen molar-refractivity contribution in [1.82, 2.24) is 15.0 Å². The minimum absolute atomic E-state index is 0.0705. The Kier molecular flexibility index (Phi) is 6.28. The van der Waals surface area contributed by atoms with E-state index < -0.39 is 5.63 Å². The Balaban J connectivity index is 1.51. The van der Waals surface area contributed by atoms with E-state index in [4.69, 9.17) is 32.3 Å². The molecule has 2 aliphatic heterocycles. The summed E-state index contributed by atoms with van der Waals surface area (Å²) in [4.78, 5) is 29.9. The van der Waals surface area contributed by atoms with Crippen molar-refractivity contribution in [3.8, 4) is 0 Å². The van der Waals surface area contributed by atoms with E-state index in [9.17, 15) is 4.79 Å². The molecule has 0 radical (unpaired) electrons. The summed E-state index contributed by atoms with van der Waals surface area (Å²) in [5.74, 6) is 1.32. The van der Waals surface area contributed by atoms with Gasteiger partial charge in [-0.3, -0.25) is 0 Å². The molecule has 3 aromatic rings. The Morgan fingerprint density at radius 2 is 1.40 bits per heavy atom. The highest BCUT2D eigenvalue weighted by Crippen LogP contribution is 2.26. The minimum atomic E-state index is -0.396. The molecule has 2 saturated heterocycles. The number of hydrogen-bond acceptors (Lipinski definition) is 12. The van der Waals surface area contributed by atoms with Crippen molar-refractivity contribution in [2.24, 2.45) is 22.9 Å². The first-order chi connectivity index (χ1) is 16.7. The van der Waals surface area contributed by atoms with Crippen LogP contribution in [0.25, 0.3) is 11.0 Å². The van der Waals surface area contributed by atoms with Crippen LogP contribution in [0.15, 0.2) is 33.5 Å². The van der Waals surface area contributed by atoms with Crippen LogP contribution in [-0.2, 0) is 0 Å². The van der Waals surface area contributed by atoms with E-state index in [1.165, 1.54) is 6.07 Å². The van der Waals surface area contributed by atoms with Crippen LogP contribution in [0.5, 0.6) is 0 Å². The quantitative estimate of drug-likeness (QED) is 0.308. The molecule has 35 heavy (non-hydrogen) atoms. The highest BCUT2D eigenvalue weighted by molar-refractivity contribution is 5.83. The molecular formula is C23H32N10O2. The van der Waals surface area contributed by atoms with Gasteiger partial charge in [-0.15, -0.1) is 0 Å². The largest absolute Gasteiger partial charge is 0.423 e. The van der Waals surface area contributed by atoms with Gasteiger partial charge in [0.1, 0.15) is 5.58 Å². The number of nitrogens with zero attached hydrogens (tertiary/aromatic N) is 5. The van der Waals surface area contributed by atoms with Crippen LogP contribution in [0.4, 0.5) is 23.5 Å². The molecule has 0 aliphatic carbocycles. The van der Waals surface area contributed by atoms with Gasteiger partial charge < -0.3 is 42.5 Å². The minimum Gasteiger partial charge on any atom is -0.423 e. The third-order valence-corrected chi connectivity index (χ3v) is 6.42. The molecule has 0 saturated carbocycles. The molecule has 0 bridgehead atoms. The molecule has 12 heteroatoms. The number of aryl methyl sites for hydroxylation is 1. The fraction of sp³-hybridized carbons (Fsp3) is 0.478. The van der Waals surface area contributed by atoms with Crippen LogP contribution >= 0.6 is 0 Å². The predicted octanol–water partition coefficient (Wildman–Crippen LogP) is -0.241. The number of nitrogens with two attached hydrogens (primary N) is 4. The number of nitrogens with one attached hydrogen (secondary N) is 1. The summed E-state index contributed by atoms with van der Waals surface area (Å²) in [6.45, 7) is 4.25. The number of benzene rings is 1. The van der Waals surface area contributed by atoms with Crippen molar-refractivity contribution >= 4 is 34.5 Å². The van der Waals surface area contributed by atoms with Crippen LogP contribution in [-0.4, -0.2) is 65.3 Å². The van der Waals surface area contributed by atoms with Gasteiger partial charge in [-0.25, -0.2) is 4.79 Å². The lowest BCUT2D eigenvalue weighted by atomic mass is 10.0. The fourth-order valence-corrected chi connectivity index (χ4v) is 4.91. The van der Waals surface area contributed by atoms with Crippen molar-refractivity contribution in [2.45, 2.75) is 43.9 Å². The van der Waals surface area contributed by atoms with Crippen LogP contribution in [0, 0.1) is 6.92 Å². The molecule has 1 aromatic carbocycles. The van der Waals surface area contributed by atoms with Gasteiger partial charge >= 0.3 is 5.63 Å². The highest BCUT2D eigenvalue weighted by Gasteiger charge is 2.28. The van der Waals surface area contributed by atoms with Crippen LogP contribution in [0.3, 0.4) is 0 Å². The van der Waals surface area contributed by atoms with Crippen molar-refractivity contribution < 1.29 is 4.42 Å².